The van der Waals surface area contributed by atoms with Crippen molar-refractivity contribution in [2.45, 2.75) is 6.92 Å². The Balaban J connectivity index is 1.16. The van der Waals surface area contributed by atoms with Crippen LogP contribution in [-0.2, 0) is 0 Å². The molecule has 1 aliphatic rings. The van der Waals surface area contributed by atoms with Crippen molar-refractivity contribution in [2.75, 3.05) is 50.1 Å². The Morgan fingerprint density at radius 3 is 2.38 bits per heavy atom. The van der Waals surface area contributed by atoms with Crippen molar-refractivity contribution in [3.05, 3.63) is 102 Å². The molecule has 2 amide bonds. The van der Waals surface area contributed by atoms with Crippen LogP contribution in [0, 0.1) is 11.8 Å². The number of methoxy groups -OCH3 is 1. The Hall–Kier alpha value is -5.43. The minimum atomic E-state index is -0.353. The molecule has 5 rings (SSSR count). The number of piperazine rings is 1. The van der Waals surface area contributed by atoms with Crippen LogP contribution < -0.4 is 19.7 Å². The zero-order chi connectivity index (χ0) is 29.3. The third-order valence-corrected chi connectivity index (χ3v) is 6.60. The van der Waals surface area contributed by atoms with Crippen LogP contribution in [-0.4, -0.2) is 71.8 Å². The summed E-state index contributed by atoms with van der Waals surface area (Å²) >= 11 is 0. The number of pyridine rings is 1. The van der Waals surface area contributed by atoms with Crippen LogP contribution in [0.1, 0.15) is 38.9 Å². The molecule has 2 aromatic carbocycles. The molecule has 0 saturated carbocycles. The molecule has 0 aliphatic carbocycles. The topological polar surface area (TPSA) is 110 Å². The predicted octanol–water partition coefficient (Wildman–Crippen LogP) is 3.89. The molecule has 3 heterocycles. The monoisotopic (exact) mass is 562 g/mol. The number of benzene rings is 2. The molecule has 0 unspecified atom stereocenters. The minimum absolute atomic E-state index is 0.0965. The molecule has 212 valence electrons. The van der Waals surface area contributed by atoms with E-state index in [1.165, 1.54) is 0 Å². The highest BCUT2D eigenvalue weighted by molar-refractivity contribution is 6.02. The molecule has 2 aromatic heterocycles. The normalized spacial score (nSPS) is 12.6. The smallest absolute Gasteiger partial charge is 0.276 e. The fourth-order valence-electron chi connectivity index (χ4n) is 4.41. The van der Waals surface area contributed by atoms with E-state index in [2.05, 4.69) is 32.3 Å². The third-order valence-electron chi connectivity index (χ3n) is 6.60. The molecule has 0 spiro atoms. The van der Waals surface area contributed by atoms with Gasteiger partial charge in [0.1, 0.15) is 11.5 Å². The van der Waals surface area contributed by atoms with Gasteiger partial charge in [-0.05, 0) is 67.6 Å². The van der Waals surface area contributed by atoms with Crippen LogP contribution in [0.5, 0.6) is 11.5 Å². The summed E-state index contributed by atoms with van der Waals surface area (Å²) in [5.74, 6) is 7.87. The first-order chi connectivity index (χ1) is 20.5. The van der Waals surface area contributed by atoms with Gasteiger partial charge in [0.15, 0.2) is 11.5 Å². The molecular formula is C32H30N6O4. The second kappa shape index (κ2) is 13.3. The van der Waals surface area contributed by atoms with E-state index in [1.54, 1.807) is 66.9 Å². The summed E-state index contributed by atoms with van der Waals surface area (Å²) in [4.78, 5) is 33.8. The molecular weight excluding hydrogens is 532 g/mol. The number of carbonyl (C=O) groups excluding carboxylic acids is 2. The Kier molecular flexibility index (Phi) is 8.89. The van der Waals surface area contributed by atoms with Crippen molar-refractivity contribution < 1.29 is 19.1 Å². The van der Waals surface area contributed by atoms with Gasteiger partial charge >= 0.3 is 0 Å². The highest BCUT2D eigenvalue weighted by Gasteiger charge is 2.24. The van der Waals surface area contributed by atoms with E-state index in [0.717, 1.165) is 11.3 Å². The van der Waals surface area contributed by atoms with E-state index in [0.29, 0.717) is 61.2 Å². The van der Waals surface area contributed by atoms with Crippen LogP contribution in [0.3, 0.4) is 0 Å². The molecule has 0 radical (unpaired) electrons. The zero-order valence-corrected chi connectivity index (χ0v) is 23.4. The number of anilines is 2. The molecule has 1 N–H and O–H groups in total. The molecule has 1 fully saturated rings. The van der Waals surface area contributed by atoms with Gasteiger partial charge in [0.2, 0.25) is 0 Å². The van der Waals surface area contributed by atoms with Gasteiger partial charge in [-0.1, -0.05) is 17.9 Å². The summed E-state index contributed by atoms with van der Waals surface area (Å²) in [7, 11) is 1.58. The minimum Gasteiger partial charge on any atom is -0.497 e. The van der Waals surface area contributed by atoms with Gasteiger partial charge in [-0.2, -0.15) is 0 Å². The SMILES string of the molecule is CCOc1cccc(C#Cc2cncc(C(=O)N3CCN(c4ccc(C(=O)Nc5ccc(OC)cc5)nn4)CC3)c2)c1. The van der Waals surface area contributed by atoms with Gasteiger partial charge in [0.05, 0.1) is 19.3 Å². The van der Waals surface area contributed by atoms with Crippen LogP contribution in [0.25, 0.3) is 0 Å². The maximum Gasteiger partial charge on any atom is 0.276 e. The van der Waals surface area contributed by atoms with Gasteiger partial charge in [-0.25, -0.2) is 0 Å². The lowest BCUT2D eigenvalue weighted by Gasteiger charge is -2.35. The number of nitrogens with zero attached hydrogens (tertiary/aromatic N) is 5. The Labute approximate surface area is 244 Å². The maximum absolute atomic E-state index is 13.2. The molecule has 4 aromatic rings. The molecule has 1 aliphatic heterocycles. The van der Waals surface area contributed by atoms with Gasteiger partial charge in [0.25, 0.3) is 11.8 Å². The lowest BCUT2D eigenvalue weighted by molar-refractivity contribution is 0.0745. The predicted molar refractivity (Wildman–Crippen MR) is 159 cm³/mol. The Morgan fingerprint density at radius 1 is 0.881 bits per heavy atom. The van der Waals surface area contributed by atoms with Gasteiger partial charge in [-0.15, -0.1) is 10.2 Å². The van der Waals surface area contributed by atoms with Gasteiger partial charge in [0, 0.05) is 55.4 Å². The quantitative estimate of drug-likeness (QED) is 0.338. The number of carbonyl (C=O) groups is 2. The highest BCUT2D eigenvalue weighted by Crippen LogP contribution is 2.18. The zero-order valence-electron chi connectivity index (χ0n) is 23.4. The van der Waals surface area contributed by atoms with Crippen LogP contribution in [0.15, 0.2) is 79.1 Å². The standard InChI is InChI=1S/C32H30N6O4/c1-3-42-28-6-4-5-23(20-28)7-8-24-19-25(22-33-21-24)32(40)38-17-15-37(16-18-38)30-14-13-29(35-36-30)31(39)34-26-9-11-27(41-2)12-10-26/h4-6,9-14,19-22H,3,15-18H2,1-2H3,(H,34,39). The van der Waals surface area contributed by atoms with Crippen molar-refractivity contribution in [3.8, 4) is 23.3 Å². The lowest BCUT2D eigenvalue weighted by atomic mass is 10.1. The molecule has 0 atom stereocenters. The van der Waals surface area contributed by atoms with Crippen LogP contribution >= 0.6 is 0 Å². The maximum atomic E-state index is 13.2. The highest BCUT2D eigenvalue weighted by atomic mass is 16.5. The second-order valence-electron chi connectivity index (χ2n) is 9.41. The molecule has 0 bridgehead atoms. The van der Waals surface area contributed by atoms with E-state index in [4.69, 9.17) is 9.47 Å². The number of ether oxygens (including phenoxy) is 2. The van der Waals surface area contributed by atoms with Crippen molar-refractivity contribution >= 4 is 23.3 Å². The van der Waals surface area contributed by atoms with E-state index in [9.17, 15) is 9.59 Å². The third kappa shape index (κ3) is 7.01. The Bertz CT molecular complexity index is 1600. The first-order valence-corrected chi connectivity index (χ1v) is 13.6. The number of amides is 2. The molecule has 10 heteroatoms. The molecule has 42 heavy (non-hydrogen) atoms. The van der Waals surface area contributed by atoms with Crippen LogP contribution in [0.4, 0.5) is 11.5 Å². The average Bonchev–Trinajstić information content (AvgIpc) is 3.04. The number of rotatable bonds is 7. The first-order valence-electron chi connectivity index (χ1n) is 13.6. The van der Waals surface area contributed by atoms with E-state index in [1.807, 2.05) is 36.1 Å². The van der Waals surface area contributed by atoms with Crippen molar-refractivity contribution in [1.29, 1.82) is 0 Å². The summed E-state index contributed by atoms with van der Waals surface area (Å²) in [6, 6.07) is 19.8. The van der Waals surface area contributed by atoms with Crippen LogP contribution in [0.2, 0.25) is 0 Å². The fraction of sp³-hybridized carbons (Fsp3) is 0.219. The summed E-state index contributed by atoms with van der Waals surface area (Å²) in [5.41, 5.74) is 2.81. The summed E-state index contributed by atoms with van der Waals surface area (Å²) < 4.78 is 10.7. The van der Waals surface area contributed by atoms with Gasteiger partial charge in [-0.3, -0.25) is 14.6 Å². The average molecular weight is 563 g/mol. The summed E-state index contributed by atoms with van der Waals surface area (Å²) in [5, 5.41) is 11.2. The summed E-state index contributed by atoms with van der Waals surface area (Å²) in [6.45, 7) is 4.72. The van der Waals surface area contributed by atoms with E-state index in [-0.39, 0.29) is 17.5 Å². The lowest BCUT2D eigenvalue weighted by Crippen LogP contribution is -2.49. The fourth-order valence-corrected chi connectivity index (χ4v) is 4.41. The van der Waals surface area contributed by atoms with Gasteiger partial charge < -0.3 is 24.6 Å². The first kappa shape index (κ1) is 28.1. The summed E-state index contributed by atoms with van der Waals surface area (Å²) in [6.07, 6.45) is 3.21. The second-order valence-corrected chi connectivity index (χ2v) is 9.41. The number of hydrogen-bond donors (Lipinski definition) is 1. The number of hydrogen-bond acceptors (Lipinski definition) is 8. The molecule has 1 saturated heterocycles. The van der Waals surface area contributed by atoms with Crippen molar-refractivity contribution in [2.24, 2.45) is 0 Å². The van der Waals surface area contributed by atoms with E-state index >= 15 is 0 Å². The molecule has 10 nitrogen and oxygen atoms in total. The number of nitrogens with one attached hydrogen (secondary N) is 1. The largest absolute Gasteiger partial charge is 0.497 e. The van der Waals surface area contributed by atoms with Crippen molar-refractivity contribution in [1.82, 2.24) is 20.1 Å². The van der Waals surface area contributed by atoms with E-state index < -0.39 is 0 Å². The van der Waals surface area contributed by atoms with Crippen molar-refractivity contribution in [3.63, 3.8) is 0 Å². The Morgan fingerprint density at radius 2 is 1.67 bits per heavy atom. The number of aromatic nitrogens is 3.